The first-order chi connectivity index (χ1) is 28.7. The first-order valence-electron chi connectivity index (χ1n) is 17.3. The number of rotatable bonds is 12. The first kappa shape index (κ1) is 43.3. The number of fused-ring (bicyclic) bond motifs is 3. The molecule has 2 unspecified atom stereocenters. The Hall–Kier alpha value is -5.82. The van der Waals surface area contributed by atoms with Crippen LogP contribution in [0.4, 0.5) is 5.82 Å². The molecule has 26 heteroatoms. The number of aromatic hydroxyl groups is 1. The van der Waals surface area contributed by atoms with Gasteiger partial charge in [-0.15, -0.1) is 0 Å². The van der Waals surface area contributed by atoms with Gasteiger partial charge < -0.3 is 59.7 Å². The summed E-state index contributed by atoms with van der Waals surface area (Å²) in [7, 11) is -16.9. The Kier molecular flexibility index (Phi) is 11.8. The lowest BCUT2D eigenvalue weighted by atomic mass is 9.90. The summed E-state index contributed by atoms with van der Waals surface area (Å²) in [5.41, 5.74) is 7.16. The van der Waals surface area contributed by atoms with Crippen molar-refractivity contribution in [1.82, 2.24) is 19.9 Å². The first-order valence-corrected chi connectivity index (χ1v) is 21.8. The number of nitrogen functional groups attached to an aromatic ring is 1. The number of aliphatic hydroxyl groups excluding tert-OH is 1. The Morgan fingerprint density at radius 2 is 1.74 bits per heavy atom. The maximum absolute atomic E-state index is 13.3. The van der Waals surface area contributed by atoms with Gasteiger partial charge in [-0.3, -0.25) is 14.1 Å². The van der Waals surface area contributed by atoms with Gasteiger partial charge in [0.2, 0.25) is 0 Å². The molecule has 2 aromatic heterocycles. The number of phenols is 1. The number of nitrogens with zero attached hydrogens (tertiary/aromatic N) is 3. The average molecular weight is 902 g/mol. The molecule has 2 aromatic carbocycles. The lowest BCUT2D eigenvalue weighted by Crippen LogP contribution is -2.26. The minimum absolute atomic E-state index is 0.000885. The minimum atomic E-state index is -5.78. The second-order valence-electron chi connectivity index (χ2n) is 13.1. The number of carboxylic acid groups (broad SMARTS) is 1. The van der Waals surface area contributed by atoms with Crippen LogP contribution in [-0.4, -0.2) is 86.7 Å². The third kappa shape index (κ3) is 9.57. The molecule has 4 aromatic rings. The highest BCUT2D eigenvalue weighted by Gasteiger charge is 2.43. The fourth-order valence-corrected chi connectivity index (χ4v) is 9.56. The van der Waals surface area contributed by atoms with Gasteiger partial charge in [0.25, 0.3) is 5.91 Å². The van der Waals surface area contributed by atoms with E-state index in [2.05, 4.69) is 40.3 Å². The number of carbonyl (C=O) groups is 2. The van der Waals surface area contributed by atoms with Gasteiger partial charge in [0.15, 0.2) is 5.43 Å². The molecule has 318 valence electrons. The number of nitrogens with one attached hydrogen (secondary N) is 1. The number of ether oxygens (including phenoxy) is 1. The SMILES string of the molecule is Nc1ncnc2c1c(C#CCNC(=O)c1ccc(-c3c4ccc(=O)cc-4oc4cc(O)ccc34)c(C(=O)O)c1)cn2[C@H]1C[C@H](O)[C@@H](COP(=O)(O)OP(=O)(O)OP(=O)(O)O)O1. The van der Waals surface area contributed by atoms with Crippen LogP contribution in [0.2, 0.25) is 0 Å². The lowest BCUT2D eigenvalue weighted by Gasteiger charge is -2.19. The fourth-order valence-electron chi connectivity index (χ4n) is 6.53. The Bertz CT molecular complexity index is 2990. The number of phenolic OH excluding ortho intramolecular Hbond substituents is 1. The molecule has 0 saturated carbocycles. The summed E-state index contributed by atoms with van der Waals surface area (Å²) < 4.78 is 59.7. The smallest absolute Gasteiger partial charge is 0.490 e. The maximum atomic E-state index is 13.3. The van der Waals surface area contributed by atoms with E-state index in [1.54, 1.807) is 6.07 Å². The molecule has 0 bridgehead atoms. The van der Waals surface area contributed by atoms with Crippen molar-refractivity contribution in [2.75, 3.05) is 18.9 Å². The second kappa shape index (κ2) is 16.6. The number of aliphatic hydroxyl groups is 1. The highest BCUT2D eigenvalue weighted by molar-refractivity contribution is 7.66. The van der Waals surface area contributed by atoms with E-state index in [1.165, 1.54) is 59.3 Å². The monoisotopic (exact) mass is 901 g/mol. The van der Waals surface area contributed by atoms with Crippen LogP contribution in [-0.2, 0) is 31.6 Å². The zero-order valence-corrected chi connectivity index (χ0v) is 33.3. The van der Waals surface area contributed by atoms with Crippen molar-refractivity contribution in [1.29, 1.82) is 0 Å². The Balaban J connectivity index is 1.07. The third-order valence-corrected chi connectivity index (χ3v) is 12.8. The summed E-state index contributed by atoms with van der Waals surface area (Å²) in [5, 5.41) is 34.3. The number of hydrogen-bond donors (Lipinski definition) is 9. The van der Waals surface area contributed by atoms with Gasteiger partial charge in [-0.2, -0.15) is 8.62 Å². The van der Waals surface area contributed by atoms with E-state index in [4.69, 9.17) is 24.7 Å². The zero-order chi connectivity index (χ0) is 44.0. The summed E-state index contributed by atoms with van der Waals surface area (Å²) in [6, 6.07) is 12.3. The number of phosphoric ester groups is 1. The van der Waals surface area contributed by atoms with Gasteiger partial charge in [0.05, 0.1) is 35.8 Å². The highest BCUT2D eigenvalue weighted by atomic mass is 31.3. The molecule has 1 fully saturated rings. The lowest BCUT2D eigenvalue weighted by molar-refractivity contribution is -0.0421. The third-order valence-electron chi connectivity index (χ3n) is 8.99. The van der Waals surface area contributed by atoms with Crippen molar-refractivity contribution >= 4 is 63.2 Å². The topological polar surface area (TPSA) is 363 Å². The van der Waals surface area contributed by atoms with Crippen LogP contribution in [0.25, 0.3) is 44.5 Å². The van der Waals surface area contributed by atoms with E-state index >= 15 is 0 Å². The van der Waals surface area contributed by atoms with E-state index in [9.17, 15) is 53.2 Å². The fraction of sp³-hybridized carbons (Fsp3) is 0.171. The van der Waals surface area contributed by atoms with E-state index in [1.807, 2.05) is 0 Å². The van der Waals surface area contributed by atoms with Crippen molar-refractivity contribution in [2.45, 2.75) is 24.9 Å². The minimum Gasteiger partial charge on any atom is -0.508 e. The van der Waals surface area contributed by atoms with Gasteiger partial charge >= 0.3 is 29.4 Å². The second-order valence-corrected chi connectivity index (χ2v) is 17.5. The molecule has 0 radical (unpaired) electrons. The highest BCUT2D eigenvalue weighted by Crippen LogP contribution is 2.66. The van der Waals surface area contributed by atoms with Crippen molar-refractivity contribution in [3.63, 3.8) is 0 Å². The predicted molar refractivity (Wildman–Crippen MR) is 209 cm³/mol. The number of nitrogens with two attached hydrogens (primary N) is 1. The van der Waals surface area contributed by atoms with E-state index < -0.39 is 60.4 Å². The van der Waals surface area contributed by atoms with Crippen LogP contribution in [0.15, 0.2) is 76.3 Å². The summed E-state index contributed by atoms with van der Waals surface area (Å²) in [5.74, 6) is 3.62. The quantitative estimate of drug-likeness (QED) is 0.0484. The van der Waals surface area contributed by atoms with Crippen LogP contribution in [0, 0.1) is 11.8 Å². The number of aromatic carboxylic acids is 1. The van der Waals surface area contributed by atoms with Gasteiger partial charge in [-0.05, 0) is 42.0 Å². The van der Waals surface area contributed by atoms with Gasteiger partial charge in [-0.1, -0.05) is 17.9 Å². The largest absolute Gasteiger partial charge is 0.508 e. The number of aromatic nitrogens is 3. The molecule has 0 spiro atoms. The molecule has 10 N–H and O–H groups in total. The Morgan fingerprint density at radius 3 is 2.48 bits per heavy atom. The van der Waals surface area contributed by atoms with Crippen molar-refractivity contribution in [2.24, 2.45) is 0 Å². The molecular weight excluding hydrogens is 871 g/mol. The molecule has 1 amide bonds. The predicted octanol–water partition coefficient (Wildman–Crippen LogP) is 3.07. The Morgan fingerprint density at radius 1 is 0.984 bits per heavy atom. The Labute approximate surface area is 340 Å². The van der Waals surface area contributed by atoms with Crippen molar-refractivity contribution < 1.29 is 80.5 Å². The van der Waals surface area contributed by atoms with Crippen LogP contribution in [0.5, 0.6) is 5.75 Å². The number of anilines is 1. The molecule has 61 heavy (non-hydrogen) atoms. The number of carboxylic acids is 1. The number of phosphoric acid groups is 3. The molecule has 3 aliphatic rings. The van der Waals surface area contributed by atoms with Crippen molar-refractivity contribution in [3.05, 3.63) is 94.0 Å². The summed E-state index contributed by atoms with van der Waals surface area (Å²) in [6.45, 7) is -1.16. The number of hydrogen-bond acceptors (Lipinski definition) is 16. The van der Waals surface area contributed by atoms with E-state index in [0.717, 1.165) is 6.33 Å². The van der Waals surface area contributed by atoms with Crippen LogP contribution < -0.4 is 16.5 Å². The summed E-state index contributed by atoms with van der Waals surface area (Å²) in [6.07, 6.45) is -1.30. The molecule has 2 aliphatic heterocycles. The average Bonchev–Trinajstić information content (AvgIpc) is 3.73. The molecule has 7 rings (SSSR count). The van der Waals surface area contributed by atoms with Crippen molar-refractivity contribution in [3.8, 4) is 40.0 Å². The standard InChI is InChI=1S/C35H30N5O18P3/c36-32-30-18(14-40(33(30)39-16-38-32)29-13-25(43)28(56-29)15-54-60(50,51)58-61(52,53)57-59(47,48)49)2-1-9-37-34(44)17-3-6-21(24(10-17)35(45)46)31-22-7-4-19(41)11-26(22)55-27-12-20(42)5-8-23(27)31/h3-8,10-12,14,16,25,28-29,41,43H,9,13,15H2,(H,37,44)(H,45,46)(H,50,51)(H,52,53)(H2,36,38,39)(H2,47,48,49)/t25-,28+,29+/m0/s1. The molecule has 23 nitrogen and oxygen atoms in total. The number of benzene rings is 3. The summed E-state index contributed by atoms with van der Waals surface area (Å²) in [4.78, 5) is 82.8. The number of carbonyl (C=O) groups excluding carboxylic acids is 1. The van der Waals surface area contributed by atoms with Gasteiger partial charge in [-0.25, -0.2) is 28.5 Å². The molecule has 5 atom stereocenters. The molecule has 1 aliphatic carbocycles. The van der Waals surface area contributed by atoms with Gasteiger partial charge in [0.1, 0.15) is 47.2 Å². The summed E-state index contributed by atoms with van der Waals surface area (Å²) >= 11 is 0. The zero-order valence-electron chi connectivity index (χ0n) is 30.6. The van der Waals surface area contributed by atoms with Crippen LogP contribution >= 0.6 is 23.5 Å². The van der Waals surface area contributed by atoms with E-state index in [0.29, 0.717) is 16.5 Å². The molecular formula is C35H30N5O18P3. The van der Waals surface area contributed by atoms with Crippen LogP contribution in [0.1, 0.15) is 38.9 Å². The van der Waals surface area contributed by atoms with E-state index in [-0.39, 0.29) is 74.6 Å². The normalized spacial score (nSPS) is 18.7. The molecule has 4 heterocycles. The van der Waals surface area contributed by atoms with Gasteiger partial charge in [0, 0.05) is 46.8 Å². The maximum Gasteiger partial charge on any atom is 0.490 e. The number of amides is 1. The molecule has 1 saturated heterocycles. The van der Waals surface area contributed by atoms with Crippen LogP contribution in [0.3, 0.4) is 0 Å².